The third kappa shape index (κ3) is 7.20. The van der Waals surface area contributed by atoms with E-state index in [1.165, 1.54) is 19.1 Å². The molecule has 2 N–H and O–H groups in total. The summed E-state index contributed by atoms with van der Waals surface area (Å²) < 4.78 is 12.7. The van der Waals surface area contributed by atoms with Gasteiger partial charge in [-0.2, -0.15) is 0 Å². The van der Waals surface area contributed by atoms with Crippen LogP contribution in [0.25, 0.3) is 0 Å². The van der Waals surface area contributed by atoms with Gasteiger partial charge in [-0.15, -0.1) is 0 Å². The highest BCUT2D eigenvalue weighted by Gasteiger charge is 2.00. The van der Waals surface area contributed by atoms with Gasteiger partial charge in [0, 0.05) is 20.4 Å². The number of aliphatic hydroxyl groups excluding tert-OH is 1. The van der Waals surface area contributed by atoms with E-state index >= 15 is 0 Å². The number of halogens is 2. The molecule has 1 aromatic carbocycles. The van der Waals surface area contributed by atoms with Gasteiger partial charge in [-0.25, -0.2) is 4.39 Å². The van der Waals surface area contributed by atoms with Crippen molar-refractivity contribution in [1.82, 2.24) is 5.32 Å². The Bertz CT molecular complexity index is 432. The van der Waals surface area contributed by atoms with Crippen molar-refractivity contribution in [2.75, 3.05) is 0 Å². The maximum absolute atomic E-state index is 12.7. The molecule has 0 atom stereocenters. The summed E-state index contributed by atoms with van der Waals surface area (Å²) in [5.41, 5.74) is 0.779. The molecule has 1 amide bonds. The van der Waals surface area contributed by atoms with Gasteiger partial charge in [0.15, 0.2) is 0 Å². The Morgan fingerprint density at radius 1 is 1.59 bits per heavy atom. The van der Waals surface area contributed by atoms with Gasteiger partial charge in [-0.3, -0.25) is 4.79 Å². The summed E-state index contributed by atoms with van der Waals surface area (Å²) in [6.45, 7) is 3.36. The van der Waals surface area contributed by atoms with Crippen LogP contribution in [0.15, 0.2) is 18.2 Å². The fourth-order valence-corrected chi connectivity index (χ4v) is 1.08. The van der Waals surface area contributed by atoms with E-state index in [9.17, 15) is 9.18 Å². The molecule has 1 rings (SSSR count). The van der Waals surface area contributed by atoms with Crippen molar-refractivity contribution in [3.8, 4) is 12.0 Å². The zero-order valence-corrected chi connectivity index (χ0v) is 10.3. The van der Waals surface area contributed by atoms with E-state index in [1.807, 2.05) is 0 Å². The molecular weight excluding hydrogens is 245 g/mol. The molecule has 0 aromatic heterocycles. The van der Waals surface area contributed by atoms with Gasteiger partial charge in [-0.05, 0) is 17.7 Å². The van der Waals surface area contributed by atoms with Gasteiger partial charge in [-0.1, -0.05) is 23.6 Å². The van der Waals surface area contributed by atoms with Crippen molar-refractivity contribution >= 4 is 17.5 Å². The van der Waals surface area contributed by atoms with Crippen LogP contribution in [0.5, 0.6) is 0 Å². The van der Waals surface area contributed by atoms with Gasteiger partial charge in [0.1, 0.15) is 11.9 Å². The van der Waals surface area contributed by atoms with Crippen LogP contribution in [0.1, 0.15) is 19.4 Å². The summed E-state index contributed by atoms with van der Waals surface area (Å²) in [6, 6.07) is 4.35. The normalized spacial score (nSPS) is 8.24. The molecule has 5 heteroatoms. The molecule has 0 fully saturated rings. The summed E-state index contributed by atoms with van der Waals surface area (Å²) in [5, 5.41) is 10.2. The van der Waals surface area contributed by atoms with E-state index in [0.717, 1.165) is 5.56 Å². The van der Waals surface area contributed by atoms with Crippen LogP contribution in [-0.2, 0) is 11.3 Å². The number of amides is 1. The maximum Gasteiger partial charge on any atom is 0.217 e. The minimum atomic E-state index is -0.451. The smallest absolute Gasteiger partial charge is 0.217 e. The van der Waals surface area contributed by atoms with Crippen LogP contribution < -0.4 is 5.32 Å². The topological polar surface area (TPSA) is 49.3 Å². The number of hydrogen-bond acceptors (Lipinski definition) is 2. The first-order valence-electron chi connectivity index (χ1n) is 4.75. The third-order valence-corrected chi connectivity index (χ3v) is 1.93. The van der Waals surface area contributed by atoms with Crippen LogP contribution in [0.3, 0.4) is 0 Å². The largest absolute Gasteiger partial charge is 0.462 e. The molecule has 0 unspecified atom stereocenters. The summed E-state index contributed by atoms with van der Waals surface area (Å²) >= 11 is 5.54. The Morgan fingerprint density at radius 3 is 2.59 bits per heavy atom. The molecule has 92 valence electrons. The monoisotopic (exact) mass is 257 g/mol. The van der Waals surface area contributed by atoms with Crippen molar-refractivity contribution in [1.29, 1.82) is 0 Å². The molecule has 3 nitrogen and oxygen atoms in total. The molecule has 1 aromatic rings. The number of rotatable bonds is 2. The van der Waals surface area contributed by atoms with E-state index in [0.29, 0.717) is 6.54 Å². The predicted molar refractivity (Wildman–Crippen MR) is 64.3 cm³/mol. The molecule has 0 aliphatic carbocycles. The average molecular weight is 258 g/mol. The molecule has 0 saturated carbocycles. The highest BCUT2D eigenvalue weighted by Crippen LogP contribution is 2.15. The second kappa shape index (κ2) is 8.43. The van der Waals surface area contributed by atoms with Crippen molar-refractivity contribution in [2.45, 2.75) is 20.4 Å². The van der Waals surface area contributed by atoms with Crippen molar-refractivity contribution in [2.24, 2.45) is 0 Å². The molecule has 17 heavy (non-hydrogen) atoms. The Kier molecular flexibility index (Phi) is 7.57. The summed E-state index contributed by atoms with van der Waals surface area (Å²) in [5.74, 6) is 1.66. The Balaban J connectivity index is 0.000000557. The molecule has 0 radical (unpaired) electrons. The molecule has 0 aliphatic heterocycles. The molecule has 0 bridgehead atoms. The van der Waals surface area contributed by atoms with Crippen molar-refractivity contribution < 1.29 is 14.3 Å². The Labute approximate surface area is 105 Å². The van der Waals surface area contributed by atoms with Crippen LogP contribution >= 0.6 is 11.6 Å². The van der Waals surface area contributed by atoms with Crippen LogP contribution in [0.2, 0.25) is 5.02 Å². The number of hydrogen-bond donors (Lipinski definition) is 2. The lowest BCUT2D eigenvalue weighted by Crippen LogP contribution is -2.18. The summed E-state index contributed by atoms with van der Waals surface area (Å²) in [6.07, 6.45) is 1.68. The van der Waals surface area contributed by atoms with Crippen LogP contribution in [0.4, 0.5) is 4.39 Å². The average Bonchev–Trinajstić information content (AvgIpc) is 2.31. The van der Waals surface area contributed by atoms with E-state index in [1.54, 1.807) is 19.1 Å². The first-order chi connectivity index (χ1) is 8.01. The SMILES string of the molecule is CC#CO.CC(=O)NCc1ccc(F)c(Cl)c1. The van der Waals surface area contributed by atoms with Crippen molar-refractivity contribution in [3.05, 3.63) is 34.6 Å². The lowest BCUT2D eigenvalue weighted by Gasteiger charge is -2.02. The highest BCUT2D eigenvalue weighted by molar-refractivity contribution is 6.30. The van der Waals surface area contributed by atoms with Gasteiger partial charge in [0.05, 0.1) is 5.02 Å². The van der Waals surface area contributed by atoms with E-state index in [-0.39, 0.29) is 10.9 Å². The quantitative estimate of drug-likeness (QED) is 0.800. The first kappa shape index (κ1) is 15.3. The maximum atomic E-state index is 12.7. The zero-order valence-electron chi connectivity index (χ0n) is 9.55. The number of aliphatic hydroxyl groups is 1. The predicted octanol–water partition coefficient (Wildman–Crippen LogP) is 2.45. The van der Waals surface area contributed by atoms with Gasteiger partial charge in [0.25, 0.3) is 0 Å². The fourth-order valence-electron chi connectivity index (χ4n) is 0.876. The van der Waals surface area contributed by atoms with Crippen LogP contribution in [0, 0.1) is 17.8 Å². The number of carbonyl (C=O) groups is 1. The Morgan fingerprint density at radius 2 is 2.18 bits per heavy atom. The van der Waals surface area contributed by atoms with E-state index in [4.69, 9.17) is 16.7 Å². The molecule has 0 heterocycles. The fraction of sp³-hybridized carbons (Fsp3) is 0.250. The minimum Gasteiger partial charge on any atom is -0.462 e. The molecular formula is C12H13ClFNO2. The van der Waals surface area contributed by atoms with Gasteiger partial charge in [0.2, 0.25) is 5.91 Å². The highest BCUT2D eigenvalue weighted by atomic mass is 35.5. The number of nitrogens with one attached hydrogen (secondary N) is 1. The van der Waals surface area contributed by atoms with E-state index < -0.39 is 5.82 Å². The summed E-state index contributed by atoms with van der Waals surface area (Å²) in [7, 11) is 0. The lowest BCUT2D eigenvalue weighted by molar-refractivity contribution is -0.119. The van der Waals surface area contributed by atoms with Gasteiger partial charge < -0.3 is 10.4 Å². The van der Waals surface area contributed by atoms with Crippen molar-refractivity contribution in [3.63, 3.8) is 0 Å². The summed E-state index contributed by atoms with van der Waals surface area (Å²) in [4.78, 5) is 10.6. The first-order valence-corrected chi connectivity index (χ1v) is 5.13. The van der Waals surface area contributed by atoms with Crippen LogP contribution in [-0.4, -0.2) is 11.0 Å². The zero-order chi connectivity index (χ0) is 13.3. The lowest BCUT2D eigenvalue weighted by atomic mass is 10.2. The molecule has 0 saturated heterocycles. The van der Waals surface area contributed by atoms with Gasteiger partial charge >= 0.3 is 0 Å². The number of benzene rings is 1. The second-order valence-electron chi connectivity index (χ2n) is 3.02. The second-order valence-corrected chi connectivity index (χ2v) is 3.43. The minimum absolute atomic E-state index is 0.0721. The third-order valence-electron chi connectivity index (χ3n) is 1.64. The molecule has 0 spiro atoms. The molecule has 0 aliphatic rings. The van der Waals surface area contributed by atoms with E-state index in [2.05, 4.69) is 11.2 Å². The Hall–Kier alpha value is -1.73. The number of carbonyl (C=O) groups excluding carboxylic acids is 1. The standard InChI is InChI=1S/C9H9ClFNO.C3H4O/c1-6(13)12-5-7-2-3-9(11)8(10)4-7;1-2-3-4/h2-4H,5H2,1H3,(H,12,13);4H,1H3.